The Balaban J connectivity index is 1.37. The predicted octanol–water partition coefficient (Wildman–Crippen LogP) is 7.32. The Morgan fingerprint density at radius 3 is 1.76 bits per heavy atom. The Morgan fingerprint density at radius 2 is 1.22 bits per heavy atom. The smallest absolute Gasteiger partial charge is 0.259 e. The molecule has 5 N–H and O–H groups in total. The highest BCUT2D eigenvalue weighted by Crippen LogP contribution is 2.33. The number of ketones is 3. The summed E-state index contributed by atoms with van der Waals surface area (Å²) in [6.07, 6.45) is -0.158. The highest BCUT2D eigenvalue weighted by molar-refractivity contribution is 6.09. The van der Waals surface area contributed by atoms with Crippen LogP contribution in [0.15, 0.2) is 72.8 Å². The second-order valence-corrected chi connectivity index (χ2v) is 14.0. The van der Waals surface area contributed by atoms with E-state index in [-0.39, 0.29) is 87.3 Å². The maximum absolute atomic E-state index is 13.1. The molecule has 4 aromatic carbocycles. The molecule has 0 aliphatic heterocycles. The lowest BCUT2D eigenvalue weighted by atomic mass is 9.87. The molecule has 12 heteroatoms. The number of carbonyl (C=O) groups is 6. The number of phenols is 2. The zero-order chi connectivity index (χ0) is 39.9. The molecule has 0 heterocycles. The van der Waals surface area contributed by atoms with Gasteiger partial charge in [0.05, 0.1) is 23.1 Å². The van der Waals surface area contributed by atoms with E-state index in [2.05, 4.69) is 16.0 Å². The molecular weight excluding hydrogens is 688 g/mol. The van der Waals surface area contributed by atoms with Crippen molar-refractivity contribution in [2.24, 2.45) is 11.3 Å². The summed E-state index contributed by atoms with van der Waals surface area (Å²) in [5.74, 6) is -3.90. The second kappa shape index (κ2) is 16.8. The maximum atomic E-state index is 13.1. The molecule has 4 aromatic rings. The topological polar surface area (TPSA) is 203 Å². The Kier molecular flexibility index (Phi) is 12.5. The summed E-state index contributed by atoms with van der Waals surface area (Å²) in [4.78, 5) is 76.3. The lowest BCUT2D eigenvalue weighted by Crippen LogP contribution is -2.25. The van der Waals surface area contributed by atoms with Gasteiger partial charge in [0.1, 0.15) is 17.3 Å². The fourth-order valence-corrected chi connectivity index (χ4v) is 5.44. The number of aromatic hydroxyl groups is 2. The monoisotopic (exact) mass is 730 g/mol. The van der Waals surface area contributed by atoms with E-state index < -0.39 is 29.1 Å². The van der Waals surface area contributed by atoms with E-state index >= 15 is 0 Å². The first-order valence-corrected chi connectivity index (χ1v) is 17.1. The standard InChI is InChI=1S/C42H42N4O8/c1-23-34(17-15-31(25(3)47)37(23)50)46-41(54)32-16-18-33(24(2)38(32)51)45-39(52)28-11-13-30(14-12-28)44-40(53)29(19-20-43)22-35(48)27-9-7-26(8-10-27)21-36(49)42(4,5)6/h7-18,29,50-51H,19,21-22H2,1-6H3,(H,44,53)(H,45,52)(H,46,54). The van der Waals surface area contributed by atoms with Crippen molar-refractivity contribution in [3.8, 4) is 17.6 Å². The number of Topliss-reactive ketones (excluding diaryl/α,β-unsaturated/α-hetero) is 3. The molecule has 278 valence electrons. The molecule has 1 atom stereocenters. The van der Waals surface area contributed by atoms with Crippen molar-refractivity contribution in [3.05, 3.63) is 112 Å². The third kappa shape index (κ3) is 9.63. The van der Waals surface area contributed by atoms with Crippen LogP contribution in [0.1, 0.15) is 98.7 Å². The Morgan fingerprint density at radius 1 is 0.704 bits per heavy atom. The van der Waals surface area contributed by atoms with Crippen LogP contribution in [0, 0.1) is 36.5 Å². The van der Waals surface area contributed by atoms with Crippen molar-refractivity contribution >= 4 is 52.1 Å². The minimum Gasteiger partial charge on any atom is -0.507 e. The molecule has 1 unspecified atom stereocenters. The normalized spacial score (nSPS) is 11.5. The van der Waals surface area contributed by atoms with Crippen molar-refractivity contribution in [1.29, 1.82) is 5.26 Å². The number of hydrogen-bond donors (Lipinski definition) is 5. The van der Waals surface area contributed by atoms with Gasteiger partial charge in [-0.15, -0.1) is 0 Å². The highest BCUT2D eigenvalue weighted by Gasteiger charge is 2.25. The van der Waals surface area contributed by atoms with Gasteiger partial charge in [-0.3, -0.25) is 28.8 Å². The van der Waals surface area contributed by atoms with Gasteiger partial charge in [-0.25, -0.2) is 0 Å². The molecule has 0 spiro atoms. The predicted molar refractivity (Wildman–Crippen MR) is 204 cm³/mol. The van der Waals surface area contributed by atoms with Crippen molar-refractivity contribution in [2.45, 2.75) is 60.8 Å². The van der Waals surface area contributed by atoms with E-state index in [4.69, 9.17) is 0 Å². The molecule has 12 nitrogen and oxygen atoms in total. The molecule has 0 saturated carbocycles. The summed E-state index contributed by atoms with van der Waals surface area (Å²) >= 11 is 0. The summed E-state index contributed by atoms with van der Waals surface area (Å²) < 4.78 is 0. The molecule has 0 aliphatic rings. The maximum Gasteiger partial charge on any atom is 0.259 e. The van der Waals surface area contributed by atoms with Gasteiger partial charge in [0, 0.05) is 64.0 Å². The third-order valence-electron chi connectivity index (χ3n) is 9.01. The number of nitrogens with zero attached hydrogens (tertiary/aromatic N) is 1. The molecular formula is C42H42N4O8. The minimum atomic E-state index is -0.934. The quantitative estimate of drug-likeness (QED) is 0.0874. The van der Waals surface area contributed by atoms with Gasteiger partial charge in [0.25, 0.3) is 11.8 Å². The summed E-state index contributed by atoms with van der Waals surface area (Å²) in [7, 11) is 0. The Hall–Kier alpha value is -6.61. The van der Waals surface area contributed by atoms with E-state index in [1.54, 1.807) is 31.2 Å². The fourth-order valence-electron chi connectivity index (χ4n) is 5.44. The van der Waals surface area contributed by atoms with Crippen LogP contribution >= 0.6 is 0 Å². The molecule has 3 amide bonds. The molecule has 54 heavy (non-hydrogen) atoms. The number of nitriles is 1. The van der Waals surface area contributed by atoms with E-state index in [1.807, 2.05) is 26.8 Å². The number of phenolic OH excluding ortho intramolecular Hbond substituents is 2. The van der Waals surface area contributed by atoms with E-state index in [0.29, 0.717) is 11.3 Å². The van der Waals surface area contributed by atoms with Crippen LogP contribution in [0.25, 0.3) is 0 Å². The van der Waals surface area contributed by atoms with Crippen LogP contribution in [-0.2, 0) is 16.0 Å². The highest BCUT2D eigenvalue weighted by atomic mass is 16.3. The lowest BCUT2D eigenvalue weighted by Gasteiger charge is -2.16. The Bertz CT molecular complexity index is 2180. The van der Waals surface area contributed by atoms with Crippen LogP contribution in [0.4, 0.5) is 17.1 Å². The van der Waals surface area contributed by atoms with Crippen LogP contribution in [0.3, 0.4) is 0 Å². The van der Waals surface area contributed by atoms with Crippen LogP contribution in [-0.4, -0.2) is 45.3 Å². The average Bonchev–Trinajstić information content (AvgIpc) is 3.12. The van der Waals surface area contributed by atoms with Crippen LogP contribution < -0.4 is 16.0 Å². The molecule has 0 fully saturated rings. The fraction of sp³-hybridized carbons (Fsp3) is 0.262. The molecule has 0 aromatic heterocycles. The number of rotatable bonds is 13. The van der Waals surface area contributed by atoms with Crippen molar-refractivity contribution in [3.63, 3.8) is 0 Å². The molecule has 4 rings (SSSR count). The molecule has 0 saturated heterocycles. The average molecular weight is 731 g/mol. The summed E-state index contributed by atoms with van der Waals surface area (Å²) in [5, 5.41) is 38.5. The van der Waals surface area contributed by atoms with Crippen molar-refractivity contribution in [1.82, 2.24) is 0 Å². The van der Waals surface area contributed by atoms with Gasteiger partial charge in [-0.2, -0.15) is 5.26 Å². The van der Waals surface area contributed by atoms with E-state index in [1.165, 1.54) is 62.4 Å². The number of nitrogens with one attached hydrogen (secondary N) is 3. The van der Waals surface area contributed by atoms with Gasteiger partial charge >= 0.3 is 0 Å². The van der Waals surface area contributed by atoms with Crippen LogP contribution in [0.2, 0.25) is 0 Å². The van der Waals surface area contributed by atoms with Gasteiger partial charge in [0.15, 0.2) is 11.6 Å². The number of benzene rings is 4. The SMILES string of the molecule is CC(=O)c1ccc(NC(=O)c2ccc(NC(=O)c3ccc(NC(=O)C(CC#N)CC(=O)c4ccc(CC(=O)C(C)(C)C)cc4)cc3)c(C)c2O)c(C)c1O. The van der Waals surface area contributed by atoms with E-state index in [0.717, 1.165) is 5.56 Å². The largest absolute Gasteiger partial charge is 0.507 e. The van der Waals surface area contributed by atoms with Crippen molar-refractivity contribution in [2.75, 3.05) is 16.0 Å². The first-order valence-electron chi connectivity index (χ1n) is 17.1. The number of amides is 3. The molecule has 0 radical (unpaired) electrons. The zero-order valence-corrected chi connectivity index (χ0v) is 30.9. The first kappa shape index (κ1) is 40.2. The van der Waals surface area contributed by atoms with E-state index in [9.17, 15) is 44.2 Å². The number of hydrogen-bond acceptors (Lipinski definition) is 9. The Labute approximate surface area is 313 Å². The molecule has 0 aliphatic carbocycles. The van der Waals surface area contributed by atoms with Gasteiger partial charge in [-0.1, -0.05) is 45.0 Å². The molecule has 0 bridgehead atoms. The summed E-state index contributed by atoms with van der Waals surface area (Å²) in [6.45, 7) is 9.91. The van der Waals surface area contributed by atoms with Gasteiger partial charge < -0.3 is 26.2 Å². The number of anilines is 3. The van der Waals surface area contributed by atoms with Gasteiger partial charge in [0.2, 0.25) is 5.91 Å². The van der Waals surface area contributed by atoms with Crippen LogP contribution in [0.5, 0.6) is 11.5 Å². The first-order chi connectivity index (χ1) is 25.4. The van der Waals surface area contributed by atoms with Gasteiger partial charge in [-0.05, 0) is 74.9 Å². The second-order valence-electron chi connectivity index (χ2n) is 14.0. The minimum absolute atomic E-state index is 0.0699. The number of carbonyl (C=O) groups excluding carboxylic acids is 6. The third-order valence-corrected chi connectivity index (χ3v) is 9.01. The lowest BCUT2D eigenvalue weighted by molar-refractivity contribution is -0.125. The summed E-state index contributed by atoms with van der Waals surface area (Å²) in [5.41, 5.74) is 2.22. The summed E-state index contributed by atoms with van der Waals surface area (Å²) in [6, 6.07) is 20.2. The zero-order valence-electron chi connectivity index (χ0n) is 30.9. The van der Waals surface area contributed by atoms with Crippen molar-refractivity contribution < 1.29 is 39.0 Å².